The number of nitrogens with zero attached hydrogens (tertiary/aromatic N) is 1. The van der Waals surface area contributed by atoms with Crippen LogP contribution in [-0.4, -0.2) is 5.88 Å². The highest BCUT2D eigenvalue weighted by atomic mass is 35.5. The number of pyridine rings is 1. The van der Waals surface area contributed by atoms with Crippen molar-refractivity contribution in [3.8, 4) is 11.1 Å². The van der Waals surface area contributed by atoms with Gasteiger partial charge in [0.25, 0.3) is 0 Å². The first-order valence-corrected chi connectivity index (χ1v) is 5.54. The van der Waals surface area contributed by atoms with Crippen molar-refractivity contribution in [3.05, 3.63) is 54.9 Å². The van der Waals surface area contributed by atoms with Gasteiger partial charge in [-0.15, -0.1) is 11.6 Å². The van der Waals surface area contributed by atoms with E-state index in [1.165, 1.54) is 11.1 Å². The molecule has 0 saturated carbocycles. The van der Waals surface area contributed by atoms with Gasteiger partial charge in [0.05, 0.1) is 5.88 Å². The van der Waals surface area contributed by atoms with Crippen molar-refractivity contribution in [3.63, 3.8) is 0 Å². The minimum Gasteiger partial charge on any atom is -0.204 e. The first kappa shape index (κ1) is 10.2. The number of alkyl halides is 1. The van der Waals surface area contributed by atoms with E-state index in [1.54, 1.807) is 0 Å². The molecule has 0 saturated heterocycles. The molecule has 2 aromatic rings. The number of halogens is 1. The van der Waals surface area contributed by atoms with Gasteiger partial charge in [0.1, 0.15) is 0 Å². The van der Waals surface area contributed by atoms with Gasteiger partial charge < -0.3 is 0 Å². The van der Waals surface area contributed by atoms with Gasteiger partial charge in [0, 0.05) is 12.1 Å². The van der Waals surface area contributed by atoms with Crippen LogP contribution in [0.5, 0.6) is 0 Å². The maximum absolute atomic E-state index is 5.67. The fourth-order valence-electron chi connectivity index (χ4n) is 1.53. The van der Waals surface area contributed by atoms with Gasteiger partial charge in [-0.25, -0.2) is 4.57 Å². The Hall–Kier alpha value is -1.34. The summed E-state index contributed by atoms with van der Waals surface area (Å²) in [6, 6.07) is 14.6. The minimum absolute atomic E-state index is 0.648. The summed E-state index contributed by atoms with van der Waals surface area (Å²) < 4.78 is 2.08. The highest BCUT2D eigenvalue weighted by Gasteiger charge is 2.00. The van der Waals surface area contributed by atoms with Crippen LogP contribution in [0.15, 0.2) is 54.9 Å². The lowest BCUT2D eigenvalue weighted by Crippen LogP contribution is -2.33. The third kappa shape index (κ3) is 2.57. The van der Waals surface area contributed by atoms with E-state index in [4.69, 9.17) is 11.6 Å². The van der Waals surface area contributed by atoms with Crippen molar-refractivity contribution in [2.45, 2.75) is 6.54 Å². The summed E-state index contributed by atoms with van der Waals surface area (Å²) >= 11 is 5.67. The van der Waals surface area contributed by atoms with Gasteiger partial charge in [0.2, 0.25) is 0 Å². The normalized spacial score (nSPS) is 10.2. The summed E-state index contributed by atoms with van der Waals surface area (Å²) in [4.78, 5) is 0. The number of benzene rings is 1. The summed E-state index contributed by atoms with van der Waals surface area (Å²) in [5.41, 5.74) is 2.48. The molecule has 0 unspecified atom stereocenters. The number of hydrogen-bond donors (Lipinski definition) is 0. The SMILES string of the molecule is ClCC[n+]1ccc(-c2ccccc2)cc1. The van der Waals surface area contributed by atoms with Gasteiger partial charge in [-0.05, 0) is 11.1 Å². The Morgan fingerprint density at radius 3 is 2.07 bits per heavy atom. The molecule has 15 heavy (non-hydrogen) atoms. The van der Waals surface area contributed by atoms with Crippen molar-refractivity contribution in [1.29, 1.82) is 0 Å². The van der Waals surface area contributed by atoms with Crippen molar-refractivity contribution in [1.82, 2.24) is 0 Å². The smallest absolute Gasteiger partial charge is 0.169 e. The largest absolute Gasteiger partial charge is 0.204 e. The van der Waals surface area contributed by atoms with Crippen LogP contribution in [0.3, 0.4) is 0 Å². The molecular weight excluding hydrogens is 206 g/mol. The van der Waals surface area contributed by atoms with Gasteiger partial charge in [0.15, 0.2) is 18.9 Å². The van der Waals surface area contributed by atoms with Crippen molar-refractivity contribution >= 4 is 11.6 Å². The van der Waals surface area contributed by atoms with Gasteiger partial charge in [-0.3, -0.25) is 0 Å². The summed E-state index contributed by atoms with van der Waals surface area (Å²) in [5, 5.41) is 0. The Labute approximate surface area is 95.0 Å². The van der Waals surface area contributed by atoms with E-state index in [-0.39, 0.29) is 0 Å². The molecular formula is C13H13ClN+. The number of hydrogen-bond acceptors (Lipinski definition) is 0. The zero-order valence-electron chi connectivity index (χ0n) is 8.44. The van der Waals surface area contributed by atoms with Crippen LogP contribution < -0.4 is 4.57 Å². The maximum Gasteiger partial charge on any atom is 0.169 e. The monoisotopic (exact) mass is 218 g/mol. The lowest BCUT2D eigenvalue weighted by Gasteiger charge is -1.99. The highest BCUT2D eigenvalue weighted by Crippen LogP contribution is 2.16. The number of rotatable bonds is 3. The van der Waals surface area contributed by atoms with Crippen LogP contribution in [0, 0.1) is 0 Å². The molecule has 1 aromatic heterocycles. The molecule has 2 rings (SSSR count). The summed E-state index contributed by atoms with van der Waals surface area (Å²) in [5.74, 6) is 0.648. The van der Waals surface area contributed by atoms with E-state index in [2.05, 4.69) is 53.4 Å². The molecule has 0 bridgehead atoms. The highest BCUT2D eigenvalue weighted by molar-refractivity contribution is 6.17. The molecule has 1 nitrogen and oxygen atoms in total. The molecule has 1 aromatic carbocycles. The Balaban J connectivity index is 2.24. The van der Waals surface area contributed by atoms with E-state index < -0.39 is 0 Å². The lowest BCUT2D eigenvalue weighted by molar-refractivity contribution is -0.692. The molecule has 0 N–H and O–H groups in total. The lowest BCUT2D eigenvalue weighted by atomic mass is 10.1. The third-order valence-electron chi connectivity index (χ3n) is 2.34. The van der Waals surface area contributed by atoms with E-state index in [0.29, 0.717) is 5.88 Å². The number of aryl methyl sites for hydroxylation is 1. The summed E-state index contributed by atoms with van der Waals surface area (Å²) in [7, 11) is 0. The van der Waals surface area contributed by atoms with Crippen LogP contribution in [0.1, 0.15) is 0 Å². The fourth-order valence-corrected chi connectivity index (χ4v) is 1.72. The topological polar surface area (TPSA) is 3.88 Å². The van der Waals surface area contributed by atoms with E-state index in [9.17, 15) is 0 Å². The fraction of sp³-hybridized carbons (Fsp3) is 0.154. The quantitative estimate of drug-likeness (QED) is 0.551. The van der Waals surface area contributed by atoms with Crippen LogP contribution in [-0.2, 0) is 6.54 Å². The third-order valence-corrected chi connectivity index (χ3v) is 2.51. The summed E-state index contributed by atoms with van der Waals surface area (Å²) in [6.45, 7) is 0.858. The zero-order valence-corrected chi connectivity index (χ0v) is 9.19. The van der Waals surface area contributed by atoms with Gasteiger partial charge in [-0.2, -0.15) is 0 Å². The van der Waals surface area contributed by atoms with E-state index in [1.807, 2.05) is 6.07 Å². The molecule has 0 aliphatic carbocycles. The molecule has 0 amide bonds. The summed E-state index contributed by atoms with van der Waals surface area (Å²) in [6.07, 6.45) is 4.12. The Kier molecular flexibility index (Phi) is 3.36. The zero-order chi connectivity index (χ0) is 10.5. The predicted molar refractivity (Wildman–Crippen MR) is 62.8 cm³/mol. The average Bonchev–Trinajstić information content (AvgIpc) is 2.32. The molecule has 0 aliphatic rings. The standard InChI is InChI=1S/C13H13ClN/c14-8-11-15-9-6-13(7-10-15)12-4-2-1-3-5-12/h1-7,9-10H,8,11H2/q+1. The van der Waals surface area contributed by atoms with Crippen LogP contribution >= 0.6 is 11.6 Å². The molecule has 0 spiro atoms. The van der Waals surface area contributed by atoms with Gasteiger partial charge >= 0.3 is 0 Å². The van der Waals surface area contributed by atoms with Gasteiger partial charge in [-0.1, -0.05) is 30.3 Å². The van der Waals surface area contributed by atoms with Crippen LogP contribution in [0.25, 0.3) is 11.1 Å². The Bertz CT molecular complexity index is 408. The molecule has 2 heteroatoms. The molecule has 0 radical (unpaired) electrons. The molecule has 0 aliphatic heterocycles. The number of aromatic nitrogens is 1. The van der Waals surface area contributed by atoms with Crippen LogP contribution in [0.2, 0.25) is 0 Å². The van der Waals surface area contributed by atoms with E-state index in [0.717, 1.165) is 6.54 Å². The second kappa shape index (κ2) is 4.94. The van der Waals surface area contributed by atoms with E-state index >= 15 is 0 Å². The first-order chi connectivity index (χ1) is 7.40. The van der Waals surface area contributed by atoms with Crippen LogP contribution in [0.4, 0.5) is 0 Å². The maximum atomic E-state index is 5.67. The second-order valence-electron chi connectivity index (χ2n) is 3.38. The Morgan fingerprint density at radius 1 is 0.867 bits per heavy atom. The first-order valence-electron chi connectivity index (χ1n) is 5.00. The second-order valence-corrected chi connectivity index (χ2v) is 3.76. The molecule has 1 heterocycles. The Morgan fingerprint density at radius 2 is 1.47 bits per heavy atom. The molecule has 0 atom stereocenters. The molecule has 0 fully saturated rings. The minimum atomic E-state index is 0.648. The van der Waals surface area contributed by atoms with Crippen molar-refractivity contribution < 1.29 is 4.57 Å². The van der Waals surface area contributed by atoms with Crippen molar-refractivity contribution in [2.75, 3.05) is 5.88 Å². The van der Waals surface area contributed by atoms with Crippen molar-refractivity contribution in [2.24, 2.45) is 0 Å². The molecule has 76 valence electrons. The predicted octanol–water partition coefficient (Wildman–Crippen LogP) is 2.88. The average molecular weight is 219 g/mol.